The van der Waals surface area contributed by atoms with Crippen LogP contribution in [-0.4, -0.2) is 83.6 Å². The van der Waals surface area contributed by atoms with Gasteiger partial charge in [0.15, 0.2) is 4.96 Å². The van der Waals surface area contributed by atoms with Crippen LogP contribution in [-0.2, 0) is 0 Å². The Labute approximate surface area is 213 Å². The molecule has 5 rings (SSSR count). The lowest BCUT2D eigenvalue weighted by Gasteiger charge is -2.33. The van der Waals surface area contributed by atoms with E-state index in [2.05, 4.69) is 32.1 Å². The number of carbonyl (C=O) groups is 1. The first kappa shape index (κ1) is 24.0. The summed E-state index contributed by atoms with van der Waals surface area (Å²) >= 11 is 1.37. The molecule has 4 aromatic rings. The van der Waals surface area contributed by atoms with E-state index in [0.717, 1.165) is 59.7 Å². The molecule has 36 heavy (non-hydrogen) atoms. The second-order valence-electron chi connectivity index (χ2n) is 8.63. The molecule has 1 saturated heterocycles. The number of imidazole rings is 1. The van der Waals surface area contributed by atoms with E-state index in [9.17, 15) is 4.79 Å². The van der Waals surface area contributed by atoms with Crippen LogP contribution < -0.4 is 19.7 Å². The predicted octanol–water partition coefficient (Wildman–Crippen LogP) is 2.73. The molecule has 1 aliphatic rings. The van der Waals surface area contributed by atoms with E-state index in [0.29, 0.717) is 23.9 Å². The zero-order chi connectivity index (χ0) is 25.1. The molecular weight excluding hydrogens is 478 g/mol. The smallest absolute Gasteiger partial charge is 0.263 e. The fourth-order valence-electron chi connectivity index (χ4n) is 4.08. The molecule has 1 fully saturated rings. The number of thiazole rings is 1. The topological polar surface area (TPSA) is 97.1 Å². The highest BCUT2D eigenvalue weighted by molar-refractivity contribution is 7.19. The van der Waals surface area contributed by atoms with Gasteiger partial charge in [0, 0.05) is 49.7 Å². The van der Waals surface area contributed by atoms with Crippen molar-refractivity contribution in [1.82, 2.24) is 29.6 Å². The lowest BCUT2D eigenvalue weighted by Crippen LogP contribution is -2.44. The van der Waals surface area contributed by atoms with E-state index < -0.39 is 0 Å². The molecule has 1 N–H and O–H groups in total. The second kappa shape index (κ2) is 10.5. The number of aromatic nitrogens is 4. The number of nitrogens with zero attached hydrogens (tertiary/aromatic N) is 6. The lowest BCUT2D eigenvalue weighted by atomic mass is 10.2. The number of fused-ring (bicyclic) bond motifs is 1. The maximum absolute atomic E-state index is 12.8. The van der Waals surface area contributed by atoms with Crippen molar-refractivity contribution in [3.8, 4) is 22.9 Å². The number of nitrogens with one attached hydrogen (secondary N) is 1. The van der Waals surface area contributed by atoms with E-state index in [-0.39, 0.29) is 5.91 Å². The summed E-state index contributed by atoms with van der Waals surface area (Å²) in [5.74, 6) is 2.03. The minimum atomic E-state index is -0.140. The Balaban J connectivity index is 1.16. The van der Waals surface area contributed by atoms with E-state index >= 15 is 0 Å². The quantitative estimate of drug-likeness (QED) is 0.364. The Hall–Kier alpha value is -3.70. The van der Waals surface area contributed by atoms with Gasteiger partial charge in [-0.3, -0.25) is 9.20 Å². The molecule has 0 aliphatic carbocycles. The highest BCUT2D eigenvalue weighted by atomic mass is 32.1. The fourth-order valence-corrected chi connectivity index (χ4v) is 5.10. The largest absolute Gasteiger partial charge is 0.497 e. The van der Waals surface area contributed by atoms with Gasteiger partial charge < -0.3 is 24.6 Å². The number of methoxy groups -OCH3 is 1. The summed E-state index contributed by atoms with van der Waals surface area (Å²) in [6.45, 7) is 6.46. The first-order chi connectivity index (χ1) is 17.5. The van der Waals surface area contributed by atoms with E-state index in [1.165, 1.54) is 17.7 Å². The van der Waals surface area contributed by atoms with E-state index in [4.69, 9.17) is 14.5 Å². The Bertz CT molecular complexity index is 1340. The molecule has 0 radical (unpaired) electrons. The van der Waals surface area contributed by atoms with Crippen LogP contribution in [0.3, 0.4) is 0 Å². The highest BCUT2D eigenvalue weighted by Gasteiger charge is 2.19. The molecule has 0 atom stereocenters. The standard InChI is InChI=1S/C25H29N7O3S/c1-17-23(36-25-29-20(15-32(17)25)18-4-6-19(34-3)7-5-18)24(33)26-8-13-35-22-14-21(27-16-28-22)31-11-9-30(2)10-12-31/h4-7,14-16H,8-13H2,1-3H3,(H,26,33). The van der Waals surface area contributed by atoms with Gasteiger partial charge in [-0.1, -0.05) is 11.3 Å². The average molecular weight is 508 g/mol. The summed E-state index contributed by atoms with van der Waals surface area (Å²) in [6, 6.07) is 9.61. The van der Waals surface area contributed by atoms with Crippen molar-refractivity contribution in [1.29, 1.82) is 0 Å². The summed E-state index contributed by atoms with van der Waals surface area (Å²) in [4.78, 5) is 32.0. The predicted molar refractivity (Wildman–Crippen MR) is 139 cm³/mol. The van der Waals surface area contributed by atoms with Crippen LogP contribution in [0.2, 0.25) is 0 Å². The lowest BCUT2D eigenvalue weighted by molar-refractivity contribution is 0.0949. The number of piperazine rings is 1. The van der Waals surface area contributed by atoms with Crippen LogP contribution in [0.25, 0.3) is 16.2 Å². The van der Waals surface area contributed by atoms with Crippen molar-refractivity contribution in [3.05, 3.63) is 53.4 Å². The number of hydrogen-bond donors (Lipinski definition) is 1. The summed E-state index contributed by atoms with van der Waals surface area (Å²) in [5, 5.41) is 2.93. The molecule has 1 amide bonds. The van der Waals surface area contributed by atoms with Crippen LogP contribution in [0.1, 0.15) is 15.4 Å². The van der Waals surface area contributed by atoms with Crippen molar-refractivity contribution >= 4 is 28.0 Å². The van der Waals surface area contributed by atoms with Crippen LogP contribution in [0, 0.1) is 6.92 Å². The zero-order valence-corrected chi connectivity index (χ0v) is 21.4. The normalized spacial score (nSPS) is 14.2. The third-order valence-corrected chi connectivity index (χ3v) is 7.40. The summed E-state index contributed by atoms with van der Waals surface area (Å²) in [6.07, 6.45) is 3.47. The molecule has 3 aromatic heterocycles. The van der Waals surface area contributed by atoms with Crippen molar-refractivity contribution in [2.24, 2.45) is 0 Å². The minimum Gasteiger partial charge on any atom is -0.497 e. The number of benzene rings is 1. The number of hydrogen-bond acceptors (Lipinski definition) is 9. The van der Waals surface area contributed by atoms with Crippen LogP contribution in [0.5, 0.6) is 11.6 Å². The van der Waals surface area contributed by atoms with Gasteiger partial charge in [-0.05, 0) is 38.2 Å². The maximum Gasteiger partial charge on any atom is 0.263 e. The molecule has 1 aliphatic heterocycles. The van der Waals surface area contributed by atoms with E-state index in [1.807, 2.05) is 47.9 Å². The minimum absolute atomic E-state index is 0.140. The molecule has 0 saturated carbocycles. The summed E-state index contributed by atoms with van der Waals surface area (Å²) in [5.41, 5.74) is 2.70. The van der Waals surface area contributed by atoms with E-state index in [1.54, 1.807) is 7.11 Å². The second-order valence-corrected chi connectivity index (χ2v) is 9.61. The Morgan fingerprint density at radius 2 is 1.92 bits per heavy atom. The monoisotopic (exact) mass is 507 g/mol. The molecule has 0 spiro atoms. The SMILES string of the molecule is COc1ccc(-c2cn3c(C)c(C(=O)NCCOc4cc(N5CCN(C)CC5)ncn4)sc3n2)cc1. The van der Waals surface area contributed by atoms with Crippen molar-refractivity contribution in [2.45, 2.75) is 6.92 Å². The summed E-state index contributed by atoms with van der Waals surface area (Å²) < 4.78 is 13.0. The molecule has 11 heteroatoms. The number of anilines is 1. The van der Waals surface area contributed by atoms with Gasteiger partial charge in [-0.15, -0.1) is 0 Å². The molecule has 4 heterocycles. The van der Waals surface area contributed by atoms with Crippen LogP contribution >= 0.6 is 11.3 Å². The Morgan fingerprint density at radius 3 is 2.64 bits per heavy atom. The van der Waals surface area contributed by atoms with Crippen LogP contribution in [0.15, 0.2) is 42.9 Å². The molecule has 10 nitrogen and oxygen atoms in total. The Kier molecular flexibility index (Phi) is 7.01. The molecule has 188 valence electrons. The van der Waals surface area contributed by atoms with Crippen molar-refractivity contribution in [2.75, 3.05) is 58.4 Å². The third kappa shape index (κ3) is 5.12. The number of rotatable bonds is 8. The van der Waals surface area contributed by atoms with Crippen LogP contribution in [0.4, 0.5) is 5.82 Å². The zero-order valence-electron chi connectivity index (χ0n) is 20.6. The van der Waals surface area contributed by atoms with Gasteiger partial charge in [0.1, 0.15) is 29.4 Å². The highest BCUT2D eigenvalue weighted by Crippen LogP contribution is 2.28. The van der Waals surface area contributed by atoms with Gasteiger partial charge >= 0.3 is 0 Å². The number of amides is 1. The Morgan fingerprint density at radius 1 is 1.14 bits per heavy atom. The van der Waals surface area contributed by atoms with Gasteiger partial charge in [0.25, 0.3) is 5.91 Å². The first-order valence-electron chi connectivity index (χ1n) is 11.8. The van der Waals surface area contributed by atoms with Crippen molar-refractivity contribution in [3.63, 3.8) is 0 Å². The third-order valence-electron chi connectivity index (χ3n) is 6.24. The maximum atomic E-state index is 12.8. The number of ether oxygens (including phenoxy) is 2. The van der Waals surface area contributed by atoms with Gasteiger partial charge in [0.05, 0.1) is 19.3 Å². The number of carbonyl (C=O) groups excluding carboxylic acids is 1. The van der Waals surface area contributed by atoms with Crippen molar-refractivity contribution < 1.29 is 14.3 Å². The molecule has 0 bridgehead atoms. The molecular formula is C25H29N7O3S. The van der Waals surface area contributed by atoms with Gasteiger partial charge in [-0.25, -0.2) is 15.0 Å². The number of likely N-dealkylation sites (N-methyl/N-ethyl adjacent to an activating group) is 1. The fraction of sp³-hybridized carbons (Fsp3) is 0.360. The summed E-state index contributed by atoms with van der Waals surface area (Å²) in [7, 11) is 3.76. The average Bonchev–Trinajstić information content (AvgIpc) is 3.46. The first-order valence-corrected chi connectivity index (χ1v) is 12.6. The van der Waals surface area contributed by atoms with Gasteiger partial charge in [-0.2, -0.15) is 0 Å². The number of aryl methyl sites for hydroxylation is 1. The molecule has 1 aromatic carbocycles. The van der Waals surface area contributed by atoms with Gasteiger partial charge in [0.2, 0.25) is 5.88 Å². The molecule has 0 unspecified atom stereocenters.